The van der Waals surface area contributed by atoms with Gasteiger partial charge in [0, 0.05) is 5.56 Å². The van der Waals surface area contributed by atoms with E-state index >= 15 is 0 Å². The van der Waals surface area contributed by atoms with Crippen molar-refractivity contribution in [2.24, 2.45) is 5.84 Å². The van der Waals surface area contributed by atoms with E-state index in [-0.39, 0.29) is 6.04 Å². The van der Waals surface area contributed by atoms with Gasteiger partial charge in [0.05, 0.1) is 13.6 Å². The number of rotatable bonds is 3. The highest BCUT2D eigenvalue weighted by molar-refractivity contribution is 9.12. The van der Waals surface area contributed by atoms with E-state index in [9.17, 15) is 0 Å². The molecular weight excluding hydrogens is 364 g/mol. The SMILES string of the molecule is NNC(C1=CCCCCC1)c1cc(Br)sc1Br. The molecule has 94 valence electrons. The Morgan fingerprint density at radius 2 is 2.12 bits per heavy atom. The zero-order valence-electron chi connectivity index (χ0n) is 9.51. The van der Waals surface area contributed by atoms with Crippen LogP contribution in [0.25, 0.3) is 0 Å². The van der Waals surface area contributed by atoms with Crippen LogP contribution >= 0.6 is 43.2 Å². The molecule has 17 heavy (non-hydrogen) atoms. The van der Waals surface area contributed by atoms with Crippen molar-refractivity contribution in [1.82, 2.24) is 5.43 Å². The largest absolute Gasteiger partial charge is 0.271 e. The number of nitrogens with one attached hydrogen (secondary N) is 1. The first kappa shape index (κ1) is 13.7. The molecule has 0 spiro atoms. The molecule has 1 aromatic rings. The zero-order valence-corrected chi connectivity index (χ0v) is 13.5. The molecule has 1 atom stereocenters. The van der Waals surface area contributed by atoms with Gasteiger partial charge in [0.25, 0.3) is 0 Å². The molecule has 0 amide bonds. The minimum atomic E-state index is 0.144. The normalized spacial score (nSPS) is 18.6. The maximum absolute atomic E-state index is 5.74. The van der Waals surface area contributed by atoms with Crippen LogP contribution in [0.15, 0.2) is 25.3 Å². The lowest BCUT2D eigenvalue weighted by atomic mass is 9.98. The van der Waals surface area contributed by atoms with E-state index in [1.54, 1.807) is 11.3 Å². The summed E-state index contributed by atoms with van der Waals surface area (Å²) in [6.45, 7) is 0. The van der Waals surface area contributed by atoms with Crippen LogP contribution in [0.2, 0.25) is 0 Å². The molecule has 5 heteroatoms. The molecule has 1 unspecified atom stereocenters. The van der Waals surface area contributed by atoms with Crippen molar-refractivity contribution in [2.75, 3.05) is 0 Å². The fraction of sp³-hybridized carbons (Fsp3) is 0.500. The number of halogens is 2. The highest BCUT2D eigenvalue weighted by Gasteiger charge is 2.20. The number of allylic oxidation sites excluding steroid dienone is 1. The van der Waals surface area contributed by atoms with E-state index in [1.807, 2.05) is 0 Å². The molecule has 2 rings (SSSR count). The lowest BCUT2D eigenvalue weighted by Crippen LogP contribution is -2.29. The summed E-state index contributed by atoms with van der Waals surface area (Å²) in [5, 5.41) is 0. The Morgan fingerprint density at radius 1 is 1.29 bits per heavy atom. The van der Waals surface area contributed by atoms with Crippen molar-refractivity contribution in [3.8, 4) is 0 Å². The van der Waals surface area contributed by atoms with Gasteiger partial charge in [-0.15, -0.1) is 11.3 Å². The average Bonchev–Trinajstić information content (AvgIpc) is 2.55. The van der Waals surface area contributed by atoms with Gasteiger partial charge in [-0.25, -0.2) is 5.43 Å². The number of nitrogens with two attached hydrogens (primary N) is 1. The predicted molar refractivity (Wildman–Crippen MR) is 81.0 cm³/mol. The summed E-state index contributed by atoms with van der Waals surface area (Å²) in [5.74, 6) is 5.74. The summed E-state index contributed by atoms with van der Waals surface area (Å²) in [5.41, 5.74) is 5.62. The molecule has 0 fully saturated rings. The number of hydrogen-bond acceptors (Lipinski definition) is 3. The van der Waals surface area contributed by atoms with Crippen LogP contribution in [0.1, 0.15) is 43.7 Å². The van der Waals surface area contributed by atoms with Crippen molar-refractivity contribution in [3.63, 3.8) is 0 Å². The van der Waals surface area contributed by atoms with Gasteiger partial charge >= 0.3 is 0 Å². The van der Waals surface area contributed by atoms with Gasteiger partial charge in [-0.1, -0.05) is 18.1 Å². The standard InChI is InChI=1S/C12H16Br2N2S/c13-10-7-9(12(14)17-10)11(16-15)8-5-3-1-2-4-6-8/h5,7,11,16H,1-4,6,15H2. The molecule has 0 aliphatic heterocycles. The Balaban J connectivity index is 2.26. The first-order chi connectivity index (χ1) is 8.22. The summed E-state index contributed by atoms with van der Waals surface area (Å²) in [4.78, 5) is 0. The van der Waals surface area contributed by atoms with Gasteiger partial charge in [0.1, 0.15) is 0 Å². The summed E-state index contributed by atoms with van der Waals surface area (Å²) in [7, 11) is 0. The Bertz CT molecular complexity index is 415. The number of hydrogen-bond donors (Lipinski definition) is 2. The second-order valence-electron chi connectivity index (χ2n) is 4.26. The average molecular weight is 380 g/mol. The van der Waals surface area contributed by atoms with Crippen molar-refractivity contribution in [1.29, 1.82) is 0 Å². The van der Waals surface area contributed by atoms with Gasteiger partial charge in [-0.3, -0.25) is 5.84 Å². The van der Waals surface area contributed by atoms with Gasteiger partial charge < -0.3 is 0 Å². The topological polar surface area (TPSA) is 38.0 Å². The highest BCUT2D eigenvalue weighted by Crippen LogP contribution is 2.39. The molecule has 1 aliphatic carbocycles. The summed E-state index contributed by atoms with van der Waals surface area (Å²) >= 11 is 8.82. The molecule has 2 nitrogen and oxygen atoms in total. The van der Waals surface area contributed by atoms with Crippen LogP contribution in [0.5, 0.6) is 0 Å². The van der Waals surface area contributed by atoms with Crippen LogP contribution in [-0.4, -0.2) is 0 Å². The van der Waals surface area contributed by atoms with E-state index in [1.165, 1.54) is 36.8 Å². The van der Waals surface area contributed by atoms with Gasteiger partial charge in [0.2, 0.25) is 0 Å². The van der Waals surface area contributed by atoms with Crippen molar-refractivity contribution >= 4 is 43.2 Å². The molecule has 0 radical (unpaired) electrons. The third-order valence-corrected chi connectivity index (χ3v) is 5.49. The zero-order chi connectivity index (χ0) is 12.3. The second kappa shape index (κ2) is 6.48. The van der Waals surface area contributed by atoms with Gasteiger partial charge in [-0.05, 0) is 63.6 Å². The summed E-state index contributed by atoms with van der Waals surface area (Å²) in [6.07, 6.45) is 8.58. The van der Waals surface area contributed by atoms with Gasteiger partial charge in [-0.2, -0.15) is 0 Å². The second-order valence-corrected chi connectivity index (χ2v) is 8.01. The van der Waals surface area contributed by atoms with Crippen molar-refractivity contribution < 1.29 is 0 Å². The Kier molecular flexibility index (Phi) is 5.24. The van der Waals surface area contributed by atoms with Crippen LogP contribution < -0.4 is 11.3 Å². The Labute approximate surface area is 123 Å². The molecule has 1 aromatic heterocycles. The lowest BCUT2D eigenvalue weighted by molar-refractivity contribution is 0.593. The van der Waals surface area contributed by atoms with Crippen LogP contribution in [-0.2, 0) is 0 Å². The van der Waals surface area contributed by atoms with Gasteiger partial charge in [0.15, 0.2) is 0 Å². The maximum Gasteiger partial charge on any atom is 0.0762 e. The van der Waals surface area contributed by atoms with Crippen molar-refractivity contribution in [2.45, 2.75) is 38.1 Å². The van der Waals surface area contributed by atoms with E-state index < -0.39 is 0 Å². The first-order valence-electron chi connectivity index (χ1n) is 5.82. The molecule has 1 heterocycles. The number of hydrazine groups is 1. The van der Waals surface area contributed by atoms with Crippen LogP contribution in [0.3, 0.4) is 0 Å². The third-order valence-electron chi connectivity index (χ3n) is 3.11. The fourth-order valence-corrected chi connectivity index (χ4v) is 5.15. The van der Waals surface area contributed by atoms with Crippen molar-refractivity contribution in [3.05, 3.63) is 30.9 Å². The minimum Gasteiger partial charge on any atom is -0.271 e. The number of thiophene rings is 1. The van der Waals surface area contributed by atoms with E-state index in [4.69, 9.17) is 5.84 Å². The molecule has 0 bridgehead atoms. The molecule has 0 saturated heterocycles. The van der Waals surface area contributed by atoms with E-state index in [0.29, 0.717) is 0 Å². The quantitative estimate of drug-likeness (QED) is 0.455. The third kappa shape index (κ3) is 3.41. The van der Waals surface area contributed by atoms with Crippen LogP contribution in [0, 0.1) is 0 Å². The summed E-state index contributed by atoms with van der Waals surface area (Å²) < 4.78 is 2.28. The molecule has 3 N–H and O–H groups in total. The molecular formula is C12H16Br2N2S. The highest BCUT2D eigenvalue weighted by atomic mass is 79.9. The first-order valence-corrected chi connectivity index (χ1v) is 8.22. The monoisotopic (exact) mass is 378 g/mol. The predicted octanol–water partition coefficient (Wildman–Crippen LogP) is 4.67. The van der Waals surface area contributed by atoms with E-state index in [0.717, 1.165) is 14.0 Å². The lowest BCUT2D eigenvalue weighted by Gasteiger charge is -2.19. The molecule has 1 aliphatic rings. The van der Waals surface area contributed by atoms with E-state index in [2.05, 4.69) is 49.4 Å². The Hall–Kier alpha value is 0.320. The maximum atomic E-state index is 5.74. The Morgan fingerprint density at radius 3 is 2.76 bits per heavy atom. The van der Waals surface area contributed by atoms with Crippen LogP contribution in [0.4, 0.5) is 0 Å². The minimum absolute atomic E-state index is 0.144. The summed E-state index contributed by atoms with van der Waals surface area (Å²) in [6, 6.07) is 2.29. The fourth-order valence-electron chi connectivity index (χ4n) is 2.25. The molecule has 0 aromatic carbocycles. The molecule has 0 saturated carbocycles. The smallest absolute Gasteiger partial charge is 0.0762 e.